The number of azide groups is 1. The van der Waals surface area contributed by atoms with E-state index in [9.17, 15) is 24.9 Å². The molecule has 1 saturated heterocycles. The van der Waals surface area contributed by atoms with Crippen molar-refractivity contribution < 1.29 is 34.4 Å². The van der Waals surface area contributed by atoms with Gasteiger partial charge in [-0.3, -0.25) is 4.79 Å². The summed E-state index contributed by atoms with van der Waals surface area (Å²) in [6.45, 7) is 4.23. The fourth-order valence-electron chi connectivity index (χ4n) is 2.01. The van der Waals surface area contributed by atoms with Crippen molar-refractivity contribution in [2.45, 2.75) is 57.0 Å². The molecule has 0 aromatic heterocycles. The Bertz CT molecular complexity index is 531. The molecule has 0 unspecified atom stereocenters. The SMILES string of the molecule is CC(C)(C)OC(=O)NCC(=O)N[C@@H]1O[C@H](CN=[N+]=[N-])[C@@H](O)[C@H](O)[C@H]1O. The quantitative estimate of drug-likeness (QED) is 0.230. The first-order valence-corrected chi connectivity index (χ1v) is 7.52. The fraction of sp³-hybridized carbons (Fsp3) is 0.846. The summed E-state index contributed by atoms with van der Waals surface area (Å²) in [5.74, 6) is -0.721. The topological polar surface area (TPSA) is 186 Å². The molecule has 1 aliphatic heterocycles. The first-order valence-electron chi connectivity index (χ1n) is 7.52. The molecule has 0 aliphatic carbocycles. The zero-order chi connectivity index (χ0) is 19.2. The van der Waals surface area contributed by atoms with E-state index in [4.69, 9.17) is 15.0 Å². The van der Waals surface area contributed by atoms with Gasteiger partial charge >= 0.3 is 6.09 Å². The van der Waals surface area contributed by atoms with Gasteiger partial charge in [-0.05, 0) is 26.3 Å². The molecule has 2 amide bonds. The highest BCUT2D eigenvalue weighted by Crippen LogP contribution is 2.20. The second-order valence-electron chi connectivity index (χ2n) is 6.40. The van der Waals surface area contributed by atoms with E-state index in [0.29, 0.717) is 0 Å². The molecule has 0 bridgehead atoms. The van der Waals surface area contributed by atoms with Crippen LogP contribution in [0.2, 0.25) is 0 Å². The number of aliphatic hydroxyl groups excluding tert-OH is 3. The Hall–Kier alpha value is -2.11. The average molecular weight is 361 g/mol. The maximum atomic E-state index is 11.8. The predicted octanol–water partition coefficient (Wildman–Crippen LogP) is -1.25. The number of ether oxygens (including phenoxy) is 2. The number of carbonyl (C=O) groups excluding carboxylic acids is 2. The lowest BCUT2D eigenvalue weighted by molar-refractivity contribution is -0.226. The van der Waals surface area contributed by atoms with Crippen LogP contribution in [0.15, 0.2) is 5.11 Å². The highest BCUT2D eigenvalue weighted by Gasteiger charge is 2.43. The van der Waals surface area contributed by atoms with Crippen molar-refractivity contribution in [3.63, 3.8) is 0 Å². The van der Waals surface area contributed by atoms with E-state index in [2.05, 4.69) is 20.7 Å². The van der Waals surface area contributed by atoms with Gasteiger partial charge < -0.3 is 35.4 Å². The summed E-state index contributed by atoms with van der Waals surface area (Å²) in [6.07, 6.45) is -7.99. The molecule has 5 N–H and O–H groups in total. The molecular formula is C13H23N5O7. The Labute approximate surface area is 143 Å². The number of amides is 2. The van der Waals surface area contributed by atoms with Crippen LogP contribution in [0.25, 0.3) is 10.4 Å². The van der Waals surface area contributed by atoms with Crippen molar-refractivity contribution in [2.24, 2.45) is 5.11 Å². The maximum Gasteiger partial charge on any atom is 0.408 e. The minimum Gasteiger partial charge on any atom is -0.444 e. The van der Waals surface area contributed by atoms with Gasteiger partial charge in [0.1, 0.15) is 30.5 Å². The molecule has 142 valence electrons. The number of nitrogens with zero attached hydrogens (tertiary/aromatic N) is 3. The summed E-state index contributed by atoms with van der Waals surface area (Å²) in [4.78, 5) is 25.8. The Morgan fingerprint density at radius 2 is 1.88 bits per heavy atom. The Morgan fingerprint density at radius 3 is 2.44 bits per heavy atom. The second-order valence-corrected chi connectivity index (χ2v) is 6.40. The number of hydrogen-bond donors (Lipinski definition) is 5. The standard InChI is InChI=1S/C13H23N5O7/c1-13(2,3)25-12(23)15-5-7(19)17-11-10(22)9(21)8(20)6(24-11)4-16-18-14/h6,8-11,20-22H,4-5H2,1-3H3,(H,15,23)(H,17,19)/t6-,8-,9+,10-,11-/m1/s1. The summed E-state index contributed by atoms with van der Waals surface area (Å²) in [5, 5.41) is 37.1. The molecule has 1 heterocycles. The van der Waals surface area contributed by atoms with Gasteiger partial charge in [0.2, 0.25) is 5.91 Å². The van der Waals surface area contributed by atoms with Crippen LogP contribution in [0.3, 0.4) is 0 Å². The summed E-state index contributed by atoms with van der Waals surface area (Å²) >= 11 is 0. The first kappa shape index (κ1) is 20.9. The maximum absolute atomic E-state index is 11.8. The van der Waals surface area contributed by atoms with Crippen LogP contribution in [0.4, 0.5) is 4.79 Å². The van der Waals surface area contributed by atoms with Crippen LogP contribution in [0, 0.1) is 0 Å². The highest BCUT2D eigenvalue weighted by molar-refractivity contribution is 5.82. The Balaban J connectivity index is 2.56. The molecule has 12 nitrogen and oxygen atoms in total. The zero-order valence-corrected chi connectivity index (χ0v) is 14.1. The third-order valence-corrected chi connectivity index (χ3v) is 3.13. The van der Waals surface area contributed by atoms with Gasteiger partial charge in [0, 0.05) is 4.91 Å². The molecule has 1 rings (SSSR count). The fourth-order valence-corrected chi connectivity index (χ4v) is 2.01. The largest absolute Gasteiger partial charge is 0.444 e. The number of aliphatic hydroxyl groups is 3. The van der Waals surface area contributed by atoms with E-state index in [-0.39, 0.29) is 6.54 Å². The van der Waals surface area contributed by atoms with Gasteiger partial charge in [-0.15, -0.1) is 0 Å². The van der Waals surface area contributed by atoms with Crippen molar-refractivity contribution >= 4 is 12.0 Å². The monoisotopic (exact) mass is 361 g/mol. The van der Waals surface area contributed by atoms with Crippen LogP contribution < -0.4 is 10.6 Å². The van der Waals surface area contributed by atoms with Crippen LogP contribution in [0.5, 0.6) is 0 Å². The predicted molar refractivity (Wildman–Crippen MR) is 83.1 cm³/mol. The summed E-state index contributed by atoms with van der Waals surface area (Å²) in [7, 11) is 0. The summed E-state index contributed by atoms with van der Waals surface area (Å²) in [6, 6.07) is 0. The lowest BCUT2D eigenvalue weighted by Crippen LogP contribution is -2.63. The van der Waals surface area contributed by atoms with Gasteiger partial charge in [-0.25, -0.2) is 4.79 Å². The van der Waals surface area contributed by atoms with Crippen molar-refractivity contribution in [1.29, 1.82) is 0 Å². The van der Waals surface area contributed by atoms with Crippen molar-refractivity contribution in [3.8, 4) is 0 Å². The molecule has 0 spiro atoms. The van der Waals surface area contributed by atoms with Crippen LogP contribution in [-0.2, 0) is 14.3 Å². The summed E-state index contributed by atoms with van der Waals surface area (Å²) in [5.41, 5.74) is 7.58. The van der Waals surface area contributed by atoms with E-state index < -0.39 is 54.8 Å². The molecule has 0 aromatic carbocycles. The van der Waals surface area contributed by atoms with Crippen LogP contribution >= 0.6 is 0 Å². The summed E-state index contributed by atoms with van der Waals surface area (Å²) < 4.78 is 10.2. The minimum absolute atomic E-state index is 0.302. The Morgan fingerprint density at radius 1 is 1.24 bits per heavy atom. The van der Waals surface area contributed by atoms with Gasteiger partial charge in [0.05, 0.1) is 12.6 Å². The van der Waals surface area contributed by atoms with Gasteiger partial charge in [0.15, 0.2) is 6.23 Å². The Kier molecular flexibility index (Phi) is 7.39. The highest BCUT2D eigenvalue weighted by atomic mass is 16.6. The molecule has 0 saturated carbocycles. The van der Waals surface area contributed by atoms with Crippen molar-refractivity contribution in [1.82, 2.24) is 10.6 Å². The number of hydrogen-bond acceptors (Lipinski definition) is 8. The van der Waals surface area contributed by atoms with Gasteiger partial charge in [-0.1, -0.05) is 5.11 Å². The van der Waals surface area contributed by atoms with E-state index in [1.54, 1.807) is 20.8 Å². The molecule has 1 fully saturated rings. The lowest BCUT2D eigenvalue weighted by atomic mass is 9.98. The lowest BCUT2D eigenvalue weighted by Gasteiger charge is -2.40. The van der Waals surface area contributed by atoms with E-state index in [1.165, 1.54) is 0 Å². The van der Waals surface area contributed by atoms with Crippen molar-refractivity contribution in [3.05, 3.63) is 10.4 Å². The minimum atomic E-state index is -1.61. The molecule has 25 heavy (non-hydrogen) atoms. The molecule has 0 radical (unpaired) electrons. The smallest absolute Gasteiger partial charge is 0.408 e. The second kappa shape index (κ2) is 8.83. The number of rotatable bonds is 5. The van der Waals surface area contributed by atoms with Crippen LogP contribution in [0.1, 0.15) is 20.8 Å². The van der Waals surface area contributed by atoms with Crippen molar-refractivity contribution in [2.75, 3.05) is 13.1 Å². The van der Waals surface area contributed by atoms with E-state index in [1.807, 2.05) is 0 Å². The molecule has 1 aliphatic rings. The van der Waals surface area contributed by atoms with Crippen LogP contribution in [-0.4, -0.2) is 76.7 Å². The third kappa shape index (κ3) is 6.72. The number of nitrogens with one attached hydrogen (secondary N) is 2. The molecule has 0 aromatic rings. The number of carbonyl (C=O) groups is 2. The van der Waals surface area contributed by atoms with E-state index >= 15 is 0 Å². The van der Waals surface area contributed by atoms with Gasteiger partial charge in [-0.2, -0.15) is 0 Å². The molecule has 12 heteroatoms. The zero-order valence-electron chi connectivity index (χ0n) is 14.1. The number of alkyl carbamates (subject to hydrolysis) is 1. The normalized spacial score (nSPS) is 29.3. The molecule has 5 atom stereocenters. The first-order chi connectivity index (χ1) is 11.5. The average Bonchev–Trinajstić information content (AvgIpc) is 2.50. The van der Waals surface area contributed by atoms with Gasteiger partial charge in [0.25, 0.3) is 0 Å². The van der Waals surface area contributed by atoms with E-state index in [0.717, 1.165) is 0 Å². The molecular weight excluding hydrogens is 338 g/mol. The third-order valence-electron chi connectivity index (χ3n) is 3.13.